The molecule has 5 N–H and O–H groups in total. The Hall–Kier alpha value is -3.08. The summed E-state index contributed by atoms with van der Waals surface area (Å²) in [6.45, 7) is 4.55. The Balaban J connectivity index is 1.15. The normalized spacial score (nSPS) is 16.8. The number of nitrogens with one attached hydrogen (secondary N) is 2. The number of nitrogens with zero attached hydrogens (tertiary/aromatic N) is 4. The van der Waals surface area contributed by atoms with Crippen molar-refractivity contribution < 1.29 is 14.7 Å². The number of carbonyl (C=O) groups excluding carboxylic acids is 2. The number of aliphatic hydroxyl groups is 1. The first-order valence-electron chi connectivity index (χ1n) is 14.8. The maximum Gasteiger partial charge on any atom is 0.270 e. The van der Waals surface area contributed by atoms with E-state index in [0.29, 0.717) is 18.8 Å². The van der Waals surface area contributed by atoms with Crippen LogP contribution < -0.4 is 16.4 Å². The highest BCUT2D eigenvalue weighted by molar-refractivity contribution is 5.92. The molecular weight excluding hydrogens is 506 g/mol. The second-order valence-electron chi connectivity index (χ2n) is 11.0. The van der Waals surface area contributed by atoms with Gasteiger partial charge >= 0.3 is 0 Å². The molecule has 40 heavy (non-hydrogen) atoms. The van der Waals surface area contributed by atoms with Crippen LogP contribution in [0.4, 0.5) is 5.82 Å². The van der Waals surface area contributed by atoms with Crippen molar-refractivity contribution >= 4 is 17.6 Å². The van der Waals surface area contributed by atoms with Gasteiger partial charge in [0.1, 0.15) is 17.8 Å². The summed E-state index contributed by atoms with van der Waals surface area (Å²) in [6, 6.07) is 10.2. The van der Waals surface area contributed by atoms with E-state index in [1.165, 1.54) is 17.5 Å². The minimum Gasteiger partial charge on any atom is -0.390 e. The zero-order valence-electron chi connectivity index (χ0n) is 23.6. The van der Waals surface area contributed by atoms with Gasteiger partial charge in [0.15, 0.2) is 0 Å². The van der Waals surface area contributed by atoms with Gasteiger partial charge in [-0.25, -0.2) is 9.97 Å². The van der Waals surface area contributed by atoms with Crippen LogP contribution in [0.2, 0.25) is 0 Å². The smallest absolute Gasteiger partial charge is 0.270 e. The fourth-order valence-corrected chi connectivity index (χ4v) is 5.53. The number of likely N-dealkylation sites (tertiary alicyclic amines) is 1. The molecule has 0 radical (unpaired) electrons. The van der Waals surface area contributed by atoms with Gasteiger partial charge in [-0.2, -0.15) is 0 Å². The molecule has 1 fully saturated rings. The number of benzene rings is 1. The number of unbranched alkanes of at least 4 members (excludes halogenated alkanes) is 4. The van der Waals surface area contributed by atoms with Crippen molar-refractivity contribution in [2.75, 3.05) is 44.6 Å². The van der Waals surface area contributed by atoms with Crippen LogP contribution >= 0.6 is 0 Å². The van der Waals surface area contributed by atoms with Crippen LogP contribution in [0.25, 0.3) is 0 Å². The Morgan fingerprint density at radius 2 is 1.77 bits per heavy atom. The molecule has 10 heteroatoms. The molecule has 2 aliphatic heterocycles. The molecule has 2 amide bonds. The van der Waals surface area contributed by atoms with Crippen LogP contribution in [0.5, 0.6) is 0 Å². The van der Waals surface area contributed by atoms with E-state index in [0.717, 1.165) is 84.1 Å². The minimum absolute atomic E-state index is 0.157. The number of carbonyl (C=O) groups is 2. The number of rotatable bonds is 14. The second-order valence-corrected chi connectivity index (χ2v) is 11.0. The molecule has 0 aliphatic carbocycles. The molecule has 4 rings (SSSR count). The molecule has 0 unspecified atom stereocenters. The molecule has 0 saturated carbocycles. The zero-order valence-corrected chi connectivity index (χ0v) is 23.6. The third-order valence-corrected chi connectivity index (χ3v) is 7.87. The number of hydrogen-bond donors (Lipinski definition) is 4. The average molecular weight is 552 g/mol. The Kier molecular flexibility index (Phi) is 11.7. The first-order chi connectivity index (χ1) is 19.5. The van der Waals surface area contributed by atoms with Crippen molar-refractivity contribution in [3.05, 3.63) is 53.5 Å². The molecule has 2 aliphatic rings. The van der Waals surface area contributed by atoms with Crippen LogP contribution in [0.3, 0.4) is 0 Å². The van der Waals surface area contributed by atoms with Crippen LogP contribution in [0.15, 0.2) is 36.7 Å². The van der Waals surface area contributed by atoms with E-state index in [2.05, 4.69) is 43.7 Å². The van der Waals surface area contributed by atoms with Gasteiger partial charge in [-0.1, -0.05) is 43.5 Å². The van der Waals surface area contributed by atoms with Crippen molar-refractivity contribution in [2.24, 2.45) is 5.73 Å². The predicted octanol–water partition coefficient (Wildman–Crippen LogP) is 2.33. The summed E-state index contributed by atoms with van der Waals surface area (Å²) in [5, 5.41) is 16.7. The highest BCUT2D eigenvalue weighted by atomic mass is 16.3. The monoisotopic (exact) mass is 551 g/mol. The van der Waals surface area contributed by atoms with E-state index < -0.39 is 6.10 Å². The second kappa shape index (κ2) is 15.6. The van der Waals surface area contributed by atoms with Gasteiger partial charge < -0.3 is 26.4 Å². The third kappa shape index (κ3) is 9.25. The lowest BCUT2D eigenvalue weighted by Gasteiger charge is -2.32. The molecule has 1 aromatic heterocycles. The molecule has 10 nitrogen and oxygen atoms in total. The van der Waals surface area contributed by atoms with E-state index in [9.17, 15) is 14.7 Å². The van der Waals surface area contributed by atoms with Gasteiger partial charge in [0.25, 0.3) is 5.91 Å². The molecule has 218 valence electrons. The summed E-state index contributed by atoms with van der Waals surface area (Å²) >= 11 is 0. The lowest BCUT2D eigenvalue weighted by Crippen LogP contribution is -2.42. The summed E-state index contributed by atoms with van der Waals surface area (Å²) in [4.78, 5) is 37.9. The number of anilines is 1. The molecule has 0 bridgehead atoms. The average Bonchev–Trinajstić information content (AvgIpc) is 2.98. The van der Waals surface area contributed by atoms with E-state index in [4.69, 9.17) is 5.73 Å². The Morgan fingerprint density at radius 3 is 2.58 bits per heavy atom. The number of β-amino-alcohol motifs (C(OH)–C–C–N with tert-alkyl or cyclic N) is 1. The minimum atomic E-state index is -0.669. The maximum atomic E-state index is 12.7. The van der Waals surface area contributed by atoms with E-state index >= 15 is 0 Å². The highest BCUT2D eigenvalue weighted by Gasteiger charge is 2.23. The molecule has 1 atom stereocenters. The number of aromatic nitrogens is 2. The van der Waals surface area contributed by atoms with Crippen molar-refractivity contribution in [1.29, 1.82) is 0 Å². The number of piperidine rings is 1. The number of amides is 2. The first kappa shape index (κ1) is 29.9. The standard InChI is InChI=1S/C30H45N7O3/c31-14-7-3-1-2-4-10-29(39)37-16-12-25(13-17-37)35-28-18-27(33-22-34-28)30(40)32-19-26(38)21-36-15-11-23-8-5-6-9-24(23)20-36/h5-6,8-9,18,22,25-26,38H,1-4,7,10-17,19-21,31H2,(H,32,40)(H,33,34,35)/t26-/m0/s1. The predicted molar refractivity (Wildman–Crippen MR) is 156 cm³/mol. The molecule has 0 spiro atoms. The van der Waals surface area contributed by atoms with Crippen LogP contribution in [-0.2, 0) is 17.8 Å². The van der Waals surface area contributed by atoms with Crippen LogP contribution in [-0.4, -0.2) is 88.1 Å². The zero-order chi connectivity index (χ0) is 28.2. The summed E-state index contributed by atoms with van der Waals surface area (Å²) in [5.74, 6) is 0.498. The largest absolute Gasteiger partial charge is 0.390 e. The first-order valence-corrected chi connectivity index (χ1v) is 14.8. The fourth-order valence-electron chi connectivity index (χ4n) is 5.53. The van der Waals surface area contributed by atoms with Gasteiger partial charge in [-0.15, -0.1) is 0 Å². The molecule has 3 heterocycles. The van der Waals surface area contributed by atoms with Crippen molar-refractivity contribution in [3.63, 3.8) is 0 Å². The Labute approximate surface area is 237 Å². The SMILES string of the molecule is NCCCCCCCC(=O)N1CCC(Nc2cc(C(=O)NC[C@H](O)CN3CCc4ccccc4C3)ncn2)CC1. The number of fused-ring (bicyclic) bond motifs is 1. The van der Waals surface area contributed by atoms with Gasteiger partial charge in [-0.05, 0) is 49.8 Å². The summed E-state index contributed by atoms with van der Waals surface area (Å²) < 4.78 is 0. The Bertz CT molecular complexity index is 1090. The highest BCUT2D eigenvalue weighted by Crippen LogP contribution is 2.19. The quantitative estimate of drug-likeness (QED) is 0.263. The van der Waals surface area contributed by atoms with Gasteiger partial charge in [-0.3, -0.25) is 14.5 Å². The lowest BCUT2D eigenvalue weighted by atomic mass is 10.00. The fraction of sp³-hybridized carbons (Fsp3) is 0.600. The summed E-state index contributed by atoms with van der Waals surface area (Å²) in [6.07, 6.45) is 9.34. The van der Waals surface area contributed by atoms with Crippen LogP contribution in [0, 0.1) is 0 Å². The topological polar surface area (TPSA) is 137 Å². The number of aliphatic hydroxyl groups excluding tert-OH is 1. The van der Waals surface area contributed by atoms with E-state index in [1.54, 1.807) is 6.07 Å². The third-order valence-electron chi connectivity index (χ3n) is 7.87. The molecule has 1 aromatic carbocycles. The van der Waals surface area contributed by atoms with Crippen molar-refractivity contribution in [2.45, 2.75) is 76.5 Å². The number of nitrogens with two attached hydrogens (primary N) is 1. The lowest BCUT2D eigenvalue weighted by molar-refractivity contribution is -0.132. The number of hydrogen-bond acceptors (Lipinski definition) is 8. The van der Waals surface area contributed by atoms with Crippen LogP contribution in [0.1, 0.15) is 73.0 Å². The van der Waals surface area contributed by atoms with Gasteiger partial charge in [0, 0.05) is 57.8 Å². The van der Waals surface area contributed by atoms with Crippen molar-refractivity contribution in [1.82, 2.24) is 25.1 Å². The van der Waals surface area contributed by atoms with Crippen molar-refractivity contribution in [3.8, 4) is 0 Å². The molecule has 2 aromatic rings. The van der Waals surface area contributed by atoms with Gasteiger partial charge in [0.2, 0.25) is 5.91 Å². The summed E-state index contributed by atoms with van der Waals surface area (Å²) in [7, 11) is 0. The molecular formula is C30H45N7O3. The summed E-state index contributed by atoms with van der Waals surface area (Å²) in [5.41, 5.74) is 8.46. The molecule has 1 saturated heterocycles. The van der Waals surface area contributed by atoms with E-state index in [-0.39, 0.29) is 30.1 Å². The Morgan fingerprint density at radius 1 is 1.02 bits per heavy atom. The van der Waals surface area contributed by atoms with Gasteiger partial charge in [0.05, 0.1) is 6.10 Å². The van der Waals surface area contributed by atoms with E-state index in [1.807, 2.05) is 11.0 Å². The maximum absolute atomic E-state index is 12.7.